The molecule has 2 aliphatic rings. The predicted octanol–water partition coefficient (Wildman–Crippen LogP) is 3.19. The molecule has 1 aromatic rings. The van der Waals surface area contributed by atoms with Crippen LogP contribution in [0.3, 0.4) is 0 Å². The lowest BCUT2D eigenvalue weighted by Crippen LogP contribution is -2.45. The molecule has 1 aliphatic carbocycles. The van der Waals surface area contributed by atoms with Crippen molar-refractivity contribution in [2.45, 2.75) is 51.0 Å². The van der Waals surface area contributed by atoms with Gasteiger partial charge in [0.2, 0.25) is 0 Å². The third-order valence-corrected chi connectivity index (χ3v) is 5.94. The molecule has 1 aromatic heterocycles. The lowest BCUT2D eigenvalue weighted by Gasteiger charge is -2.35. The maximum atomic E-state index is 12.0. The molecule has 2 fully saturated rings. The fraction of sp³-hybridized carbons (Fsp3) is 0.688. The Labute approximate surface area is 125 Å². The summed E-state index contributed by atoms with van der Waals surface area (Å²) in [7, 11) is 0. The van der Waals surface area contributed by atoms with Gasteiger partial charge in [-0.25, -0.2) is 0 Å². The molecule has 1 aliphatic heterocycles. The van der Waals surface area contributed by atoms with Crippen molar-refractivity contribution in [3.63, 3.8) is 0 Å². The van der Waals surface area contributed by atoms with Gasteiger partial charge in [0.05, 0.1) is 4.88 Å². The number of hydrogen-bond donors (Lipinski definition) is 1. The van der Waals surface area contributed by atoms with Gasteiger partial charge in [-0.15, -0.1) is 11.3 Å². The van der Waals surface area contributed by atoms with Gasteiger partial charge in [-0.1, -0.05) is 12.8 Å². The van der Waals surface area contributed by atoms with Gasteiger partial charge >= 0.3 is 0 Å². The Morgan fingerprint density at radius 2 is 2.10 bits per heavy atom. The zero-order chi connectivity index (χ0) is 14.0. The zero-order valence-corrected chi connectivity index (χ0v) is 13.1. The number of thiophene rings is 1. The van der Waals surface area contributed by atoms with Gasteiger partial charge in [0, 0.05) is 18.6 Å². The highest BCUT2D eigenvalue weighted by Crippen LogP contribution is 2.42. The van der Waals surface area contributed by atoms with Gasteiger partial charge in [0.15, 0.2) is 0 Å². The van der Waals surface area contributed by atoms with Crippen LogP contribution in [-0.2, 0) is 0 Å². The fourth-order valence-electron chi connectivity index (χ4n) is 3.88. The molecule has 1 amide bonds. The van der Waals surface area contributed by atoms with Crippen LogP contribution in [0, 0.1) is 6.92 Å². The molecule has 0 atom stereocenters. The Bertz CT molecular complexity index is 471. The van der Waals surface area contributed by atoms with Crippen molar-refractivity contribution < 1.29 is 4.79 Å². The first-order valence-corrected chi connectivity index (χ1v) is 8.66. The molecule has 0 bridgehead atoms. The maximum Gasteiger partial charge on any atom is 0.261 e. The van der Waals surface area contributed by atoms with E-state index in [1.807, 2.05) is 18.4 Å². The van der Waals surface area contributed by atoms with Crippen LogP contribution in [0.25, 0.3) is 0 Å². The van der Waals surface area contributed by atoms with Gasteiger partial charge in [0.1, 0.15) is 0 Å². The summed E-state index contributed by atoms with van der Waals surface area (Å²) in [5.74, 6) is 0.0859. The molecular weight excluding hydrogens is 268 g/mol. The Morgan fingerprint density at radius 3 is 2.80 bits per heavy atom. The highest BCUT2D eigenvalue weighted by molar-refractivity contribution is 7.12. The van der Waals surface area contributed by atoms with Gasteiger partial charge < -0.3 is 5.32 Å². The molecule has 1 saturated carbocycles. The quantitative estimate of drug-likeness (QED) is 0.924. The summed E-state index contributed by atoms with van der Waals surface area (Å²) in [5, 5.41) is 5.11. The molecule has 110 valence electrons. The van der Waals surface area contributed by atoms with E-state index >= 15 is 0 Å². The molecule has 4 heteroatoms. The molecule has 1 spiro atoms. The predicted molar refractivity (Wildman–Crippen MR) is 83.4 cm³/mol. The second-order valence-corrected chi connectivity index (χ2v) is 7.18. The first-order chi connectivity index (χ1) is 9.70. The van der Waals surface area contributed by atoms with Crippen LogP contribution < -0.4 is 5.32 Å². The molecule has 1 saturated heterocycles. The Balaban J connectivity index is 1.49. The Hall–Kier alpha value is -0.870. The van der Waals surface area contributed by atoms with Crippen molar-refractivity contribution in [3.8, 4) is 0 Å². The van der Waals surface area contributed by atoms with E-state index in [0.717, 1.165) is 18.0 Å². The SMILES string of the molecule is Cc1csc(C(=O)NCCN2CCCC23CCCC3)c1. The number of carbonyl (C=O) groups is 1. The molecule has 2 heterocycles. The minimum atomic E-state index is 0.0859. The molecule has 3 nitrogen and oxygen atoms in total. The summed E-state index contributed by atoms with van der Waals surface area (Å²) in [5.41, 5.74) is 1.66. The van der Waals surface area contributed by atoms with E-state index in [4.69, 9.17) is 0 Å². The second-order valence-electron chi connectivity index (χ2n) is 6.27. The average Bonchev–Trinajstić information content (AvgIpc) is 3.14. The number of rotatable bonds is 4. The van der Waals surface area contributed by atoms with Gasteiger partial charge in [-0.05, 0) is 56.2 Å². The number of aryl methyl sites for hydroxylation is 1. The standard InChI is InChI=1S/C16H24N2OS/c1-13-11-14(20-12-13)15(19)17-8-10-18-9-4-7-16(18)5-2-3-6-16/h11-12H,2-10H2,1H3,(H,17,19). The van der Waals surface area contributed by atoms with Crippen LogP contribution >= 0.6 is 11.3 Å². The fourth-order valence-corrected chi connectivity index (χ4v) is 4.70. The van der Waals surface area contributed by atoms with E-state index in [0.29, 0.717) is 5.54 Å². The Kier molecular flexibility index (Phi) is 4.13. The van der Waals surface area contributed by atoms with Crippen molar-refractivity contribution in [2.75, 3.05) is 19.6 Å². The van der Waals surface area contributed by atoms with E-state index < -0.39 is 0 Å². The highest BCUT2D eigenvalue weighted by atomic mass is 32.1. The number of nitrogens with zero attached hydrogens (tertiary/aromatic N) is 1. The van der Waals surface area contributed by atoms with Crippen molar-refractivity contribution >= 4 is 17.2 Å². The monoisotopic (exact) mass is 292 g/mol. The number of hydrogen-bond acceptors (Lipinski definition) is 3. The summed E-state index contributed by atoms with van der Waals surface area (Å²) in [6, 6.07) is 1.97. The van der Waals surface area contributed by atoms with Crippen molar-refractivity contribution in [2.24, 2.45) is 0 Å². The molecule has 1 N–H and O–H groups in total. The van der Waals surface area contributed by atoms with E-state index in [2.05, 4.69) is 10.2 Å². The van der Waals surface area contributed by atoms with E-state index in [1.165, 1.54) is 62.0 Å². The second kappa shape index (κ2) is 5.86. The molecule has 20 heavy (non-hydrogen) atoms. The summed E-state index contributed by atoms with van der Waals surface area (Å²) in [6.45, 7) is 5.03. The topological polar surface area (TPSA) is 32.3 Å². The molecule has 0 unspecified atom stereocenters. The van der Waals surface area contributed by atoms with Crippen LogP contribution in [0.4, 0.5) is 0 Å². The van der Waals surface area contributed by atoms with Gasteiger partial charge in [0.25, 0.3) is 5.91 Å². The van der Waals surface area contributed by atoms with Crippen LogP contribution in [0.5, 0.6) is 0 Å². The number of nitrogens with one attached hydrogen (secondary N) is 1. The molecular formula is C16H24N2OS. The summed E-state index contributed by atoms with van der Waals surface area (Å²) in [6.07, 6.45) is 8.20. The third kappa shape index (κ3) is 2.77. The van der Waals surface area contributed by atoms with E-state index in [1.54, 1.807) is 0 Å². The normalized spacial score (nSPS) is 21.6. The first-order valence-electron chi connectivity index (χ1n) is 7.78. The first kappa shape index (κ1) is 14.1. The Morgan fingerprint density at radius 1 is 1.35 bits per heavy atom. The molecule has 0 aromatic carbocycles. The zero-order valence-electron chi connectivity index (χ0n) is 12.3. The van der Waals surface area contributed by atoms with Crippen molar-refractivity contribution in [3.05, 3.63) is 21.9 Å². The van der Waals surface area contributed by atoms with Gasteiger partial charge in [-0.2, -0.15) is 0 Å². The molecule has 0 radical (unpaired) electrons. The highest BCUT2D eigenvalue weighted by Gasteiger charge is 2.42. The number of amides is 1. The minimum absolute atomic E-state index is 0.0859. The smallest absolute Gasteiger partial charge is 0.261 e. The van der Waals surface area contributed by atoms with E-state index in [9.17, 15) is 4.79 Å². The van der Waals surface area contributed by atoms with E-state index in [-0.39, 0.29) is 5.91 Å². The average molecular weight is 292 g/mol. The lowest BCUT2D eigenvalue weighted by atomic mass is 9.94. The van der Waals surface area contributed by atoms with Crippen LogP contribution in [-0.4, -0.2) is 36.0 Å². The lowest BCUT2D eigenvalue weighted by molar-refractivity contribution is 0.0937. The number of carbonyl (C=O) groups excluding carboxylic acids is 1. The largest absolute Gasteiger partial charge is 0.350 e. The number of likely N-dealkylation sites (tertiary alicyclic amines) is 1. The van der Waals surface area contributed by atoms with Crippen LogP contribution in [0.15, 0.2) is 11.4 Å². The summed E-state index contributed by atoms with van der Waals surface area (Å²) < 4.78 is 0. The third-order valence-electron chi connectivity index (χ3n) is 4.90. The van der Waals surface area contributed by atoms with Crippen LogP contribution in [0.1, 0.15) is 53.8 Å². The van der Waals surface area contributed by atoms with Crippen LogP contribution in [0.2, 0.25) is 0 Å². The minimum Gasteiger partial charge on any atom is -0.350 e. The molecule has 3 rings (SSSR count). The van der Waals surface area contributed by atoms with Gasteiger partial charge in [-0.3, -0.25) is 9.69 Å². The summed E-state index contributed by atoms with van der Waals surface area (Å²) >= 11 is 1.53. The van der Waals surface area contributed by atoms with Crippen molar-refractivity contribution in [1.29, 1.82) is 0 Å². The maximum absolute atomic E-state index is 12.0. The van der Waals surface area contributed by atoms with Crippen molar-refractivity contribution in [1.82, 2.24) is 10.2 Å². The summed E-state index contributed by atoms with van der Waals surface area (Å²) in [4.78, 5) is 15.5.